The van der Waals surface area contributed by atoms with Gasteiger partial charge in [-0.3, -0.25) is 9.69 Å². The van der Waals surface area contributed by atoms with E-state index in [4.69, 9.17) is 0 Å². The van der Waals surface area contributed by atoms with E-state index in [1.807, 2.05) is 12.1 Å². The second-order valence-electron chi connectivity index (χ2n) is 7.38. The van der Waals surface area contributed by atoms with E-state index in [2.05, 4.69) is 62.0 Å². The van der Waals surface area contributed by atoms with Gasteiger partial charge >= 0.3 is 0 Å². The second kappa shape index (κ2) is 8.93. The number of rotatable bonds is 6. The molecule has 29 heavy (non-hydrogen) atoms. The molecule has 150 valence electrons. The van der Waals surface area contributed by atoms with Crippen LogP contribution in [0.25, 0.3) is 5.69 Å². The fourth-order valence-electron chi connectivity index (χ4n) is 3.36. The number of tetrazole rings is 1. The maximum Gasteiger partial charge on any atom is 0.251 e. The van der Waals surface area contributed by atoms with Crippen LogP contribution in [-0.2, 0) is 13.1 Å². The van der Waals surface area contributed by atoms with Gasteiger partial charge in [0.2, 0.25) is 0 Å². The molecule has 2 aromatic carbocycles. The minimum Gasteiger partial charge on any atom is -0.348 e. The van der Waals surface area contributed by atoms with E-state index in [1.165, 1.54) is 11.9 Å². The predicted molar refractivity (Wildman–Crippen MR) is 110 cm³/mol. The number of carbonyl (C=O) groups excluding carboxylic acids is 1. The Kier molecular flexibility index (Phi) is 5.92. The van der Waals surface area contributed by atoms with Crippen LogP contribution in [0, 0.1) is 0 Å². The van der Waals surface area contributed by atoms with Crippen LogP contribution in [0.5, 0.6) is 0 Å². The molecule has 0 aliphatic carbocycles. The number of nitrogens with one attached hydrogen (secondary N) is 1. The fraction of sp³-hybridized carbons (Fsp3) is 0.333. The lowest BCUT2D eigenvalue weighted by Crippen LogP contribution is -2.43. The van der Waals surface area contributed by atoms with Crippen LogP contribution < -0.4 is 5.32 Å². The Hall–Kier alpha value is -3.10. The van der Waals surface area contributed by atoms with Crippen molar-refractivity contribution in [3.8, 4) is 5.69 Å². The number of aromatic nitrogens is 4. The molecule has 1 fully saturated rings. The molecule has 1 aliphatic rings. The van der Waals surface area contributed by atoms with E-state index in [0.717, 1.165) is 44.0 Å². The highest BCUT2D eigenvalue weighted by Gasteiger charge is 2.13. The van der Waals surface area contributed by atoms with E-state index in [1.54, 1.807) is 16.8 Å². The van der Waals surface area contributed by atoms with E-state index < -0.39 is 0 Å². The van der Waals surface area contributed by atoms with Crippen LogP contribution in [0.2, 0.25) is 0 Å². The van der Waals surface area contributed by atoms with Crippen LogP contribution >= 0.6 is 0 Å². The molecule has 0 bridgehead atoms. The standard InChI is InChI=1S/C21H25N7O/c1-26-10-12-27(13-11-26)15-18-4-2-17(3-5-18)14-22-21(29)19-6-8-20(9-7-19)28-16-23-24-25-28/h2-9,16H,10-15H2,1H3,(H,22,29). The quantitative estimate of drug-likeness (QED) is 0.683. The van der Waals surface area contributed by atoms with Crippen molar-refractivity contribution < 1.29 is 4.79 Å². The molecule has 1 amide bonds. The third-order valence-electron chi connectivity index (χ3n) is 5.22. The number of benzene rings is 2. The van der Waals surface area contributed by atoms with Crippen molar-refractivity contribution in [1.82, 2.24) is 35.3 Å². The van der Waals surface area contributed by atoms with Crippen LogP contribution in [0.4, 0.5) is 0 Å². The molecular weight excluding hydrogens is 366 g/mol. The van der Waals surface area contributed by atoms with Crippen molar-refractivity contribution in [3.05, 3.63) is 71.5 Å². The number of hydrogen-bond acceptors (Lipinski definition) is 6. The number of amides is 1. The summed E-state index contributed by atoms with van der Waals surface area (Å²) in [6, 6.07) is 15.7. The number of hydrogen-bond donors (Lipinski definition) is 1. The molecule has 0 unspecified atom stereocenters. The molecule has 0 radical (unpaired) electrons. The summed E-state index contributed by atoms with van der Waals surface area (Å²) in [6.07, 6.45) is 1.52. The first-order valence-electron chi connectivity index (χ1n) is 9.78. The van der Waals surface area contributed by atoms with Crippen molar-refractivity contribution in [2.24, 2.45) is 0 Å². The fourth-order valence-corrected chi connectivity index (χ4v) is 3.36. The molecule has 4 rings (SSSR count). The molecular formula is C21H25N7O. The zero-order chi connectivity index (χ0) is 20.1. The number of likely N-dealkylation sites (N-methyl/N-ethyl adjacent to an activating group) is 1. The first kappa shape index (κ1) is 19.2. The van der Waals surface area contributed by atoms with Gasteiger partial charge < -0.3 is 10.2 Å². The number of piperazine rings is 1. The van der Waals surface area contributed by atoms with Gasteiger partial charge in [-0.1, -0.05) is 24.3 Å². The van der Waals surface area contributed by atoms with Crippen LogP contribution in [-0.4, -0.2) is 69.1 Å². The summed E-state index contributed by atoms with van der Waals surface area (Å²) in [7, 11) is 2.17. The predicted octanol–water partition coefficient (Wildman–Crippen LogP) is 1.34. The molecule has 8 nitrogen and oxygen atoms in total. The Balaban J connectivity index is 1.28. The van der Waals surface area contributed by atoms with Crippen LogP contribution in [0.1, 0.15) is 21.5 Å². The summed E-state index contributed by atoms with van der Waals surface area (Å²) in [5.74, 6) is -0.102. The molecule has 1 N–H and O–H groups in total. The maximum absolute atomic E-state index is 12.4. The van der Waals surface area contributed by atoms with Crippen LogP contribution in [0.15, 0.2) is 54.9 Å². The van der Waals surface area contributed by atoms with Crippen molar-refractivity contribution in [3.63, 3.8) is 0 Å². The number of carbonyl (C=O) groups is 1. The minimum atomic E-state index is -0.102. The van der Waals surface area contributed by atoms with Crippen molar-refractivity contribution in [1.29, 1.82) is 0 Å². The molecule has 1 aromatic heterocycles. The smallest absolute Gasteiger partial charge is 0.251 e. The van der Waals surface area contributed by atoms with Gasteiger partial charge in [0, 0.05) is 44.8 Å². The Morgan fingerprint density at radius 3 is 2.31 bits per heavy atom. The summed E-state index contributed by atoms with van der Waals surface area (Å²) in [6.45, 7) is 5.96. The lowest BCUT2D eigenvalue weighted by molar-refractivity contribution is 0.0951. The zero-order valence-electron chi connectivity index (χ0n) is 16.5. The van der Waals surface area contributed by atoms with Gasteiger partial charge in [0.15, 0.2) is 0 Å². The van der Waals surface area contributed by atoms with Gasteiger partial charge in [0.25, 0.3) is 5.91 Å². The lowest BCUT2D eigenvalue weighted by Gasteiger charge is -2.32. The Morgan fingerprint density at radius 2 is 1.66 bits per heavy atom. The molecule has 0 saturated carbocycles. The van der Waals surface area contributed by atoms with Gasteiger partial charge in [-0.25, -0.2) is 4.68 Å². The zero-order valence-corrected chi connectivity index (χ0v) is 16.5. The average molecular weight is 391 g/mol. The SMILES string of the molecule is CN1CCN(Cc2ccc(CNC(=O)c3ccc(-n4cnnn4)cc3)cc2)CC1. The van der Waals surface area contributed by atoms with Gasteiger partial charge in [-0.05, 0) is 52.9 Å². The minimum absolute atomic E-state index is 0.102. The van der Waals surface area contributed by atoms with E-state index >= 15 is 0 Å². The van der Waals surface area contributed by atoms with E-state index in [-0.39, 0.29) is 5.91 Å². The summed E-state index contributed by atoms with van der Waals surface area (Å²) in [5, 5.41) is 14.0. The molecule has 1 aliphatic heterocycles. The monoisotopic (exact) mass is 391 g/mol. The maximum atomic E-state index is 12.4. The van der Waals surface area contributed by atoms with Gasteiger partial charge in [0.05, 0.1) is 5.69 Å². The van der Waals surface area contributed by atoms with E-state index in [9.17, 15) is 4.79 Å². The largest absolute Gasteiger partial charge is 0.348 e. The highest BCUT2D eigenvalue weighted by molar-refractivity contribution is 5.94. The molecule has 0 atom stereocenters. The molecule has 8 heteroatoms. The second-order valence-corrected chi connectivity index (χ2v) is 7.38. The highest BCUT2D eigenvalue weighted by Crippen LogP contribution is 2.11. The van der Waals surface area contributed by atoms with Gasteiger partial charge in [0.1, 0.15) is 6.33 Å². The summed E-state index contributed by atoms with van der Waals surface area (Å²) < 4.78 is 1.55. The van der Waals surface area contributed by atoms with Gasteiger partial charge in [-0.2, -0.15) is 0 Å². The molecule has 3 aromatic rings. The van der Waals surface area contributed by atoms with E-state index in [0.29, 0.717) is 12.1 Å². The first-order chi connectivity index (χ1) is 14.2. The molecule has 1 saturated heterocycles. The average Bonchev–Trinajstić information content (AvgIpc) is 3.30. The summed E-state index contributed by atoms with van der Waals surface area (Å²) >= 11 is 0. The third kappa shape index (κ3) is 5.04. The topological polar surface area (TPSA) is 79.2 Å². The summed E-state index contributed by atoms with van der Waals surface area (Å²) in [4.78, 5) is 17.2. The normalized spacial score (nSPS) is 15.3. The van der Waals surface area contributed by atoms with Crippen LogP contribution in [0.3, 0.4) is 0 Å². The highest BCUT2D eigenvalue weighted by atomic mass is 16.1. The summed E-state index contributed by atoms with van der Waals surface area (Å²) in [5.41, 5.74) is 3.81. The Labute approximate surface area is 170 Å². The molecule has 0 spiro atoms. The van der Waals surface area contributed by atoms with Gasteiger partial charge in [-0.15, -0.1) is 5.10 Å². The Morgan fingerprint density at radius 1 is 0.966 bits per heavy atom. The van der Waals surface area contributed by atoms with Crippen molar-refractivity contribution >= 4 is 5.91 Å². The number of nitrogens with zero attached hydrogens (tertiary/aromatic N) is 6. The van der Waals surface area contributed by atoms with Crippen molar-refractivity contribution in [2.75, 3.05) is 33.2 Å². The molecule has 2 heterocycles. The Bertz CT molecular complexity index is 915. The first-order valence-corrected chi connectivity index (χ1v) is 9.78. The van der Waals surface area contributed by atoms with Crippen molar-refractivity contribution in [2.45, 2.75) is 13.1 Å². The lowest BCUT2D eigenvalue weighted by atomic mass is 10.1. The third-order valence-corrected chi connectivity index (χ3v) is 5.22.